The number of nitrogens with two attached hydrogens (primary N) is 1. The highest BCUT2D eigenvalue weighted by Crippen LogP contribution is 2.25. The molecule has 0 amide bonds. The number of rotatable bonds is 0. The summed E-state index contributed by atoms with van der Waals surface area (Å²) in [5, 5.41) is 0. The molecule has 0 radical (unpaired) electrons. The molecule has 1 nitrogen and oxygen atoms in total. The lowest BCUT2D eigenvalue weighted by atomic mass is 10.5. The smallest absolute Gasteiger partial charge is 0.00682 e. The van der Waals surface area contributed by atoms with Crippen molar-refractivity contribution in [3.05, 3.63) is 0 Å². The number of hydrogen-bond donors (Lipinski definition) is 1. The van der Waals surface area contributed by atoms with Crippen LogP contribution in [-0.4, -0.2) is 6.04 Å². The summed E-state index contributed by atoms with van der Waals surface area (Å²) in [5.74, 6) is 0.829. The monoisotopic (exact) mass is 107 g/mol. The Morgan fingerprint density at radius 3 is 1.83 bits per heavy atom. The molecule has 0 aromatic heterocycles. The lowest BCUT2D eigenvalue weighted by Crippen LogP contribution is -1.98. The van der Waals surface area contributed by atoms with Crippen molar-refractivity contribution in [1.29, 1.82) is 0 Å². The Morgan fingerprint density at radius 1 is 1.67 bits per heavy atom. The maximum absolute atomic E-state index is 5.37. The quantitative estimate of drug-likeness (QED) is 0.486. The van der Waals surface area contributed by atoms with Gasteiger partial charge in [0.05, 0.1) is 0 Å². The summed E-state index contributed by atoms with van der Waals surface area (Å²) in [4.78, 5) is 0. The third kappa shape index (κ3) is 1.15. The van der Waals surface area contributed by atoms with Gasteiger partial charge in [0.25, 0.3) is 0 Å². The molecule has 0 bridgehead atoms. The molecule has 38 valence electrons. The van der Waals surface area contributed by atoms with E-state index in [9.17, 15) is 0 Å². The Morgan fingerprint density at radius 2 is 1.83 bits per heavy atom. The van der Waals surface area contributed by atoms with Gasteiger partial charge >= 0.3 is 0 Å². The molecule has 0 aromatic carbocycles. The molecule has 1 rings (SSSR count). The normalized spacial score (nSPS) is 41.0. The first-order chi connectivity index (χ1) is 2.30. The van der Waals surface area contributed by atoms with Crippen LogP contribution < -0.4 is 5.73 Å². The van der Waals surface area contributed by atoms with Gasteiger partial charge in [-0.3, -0.25) is 0 Å². The maximum atomic E-state index is 5.37. The van der Waals surface area contributed by atoms with Crippen LogP contribution >= 0.6 is 12.4 Å². The number of halogens is 1. The van der Waals surface area contributed by atoms with Gasteiger partial charge in [0.1, 0.15) is 0 Å². The van der Waals surface area contributed by atoms with E-state index in [0.29, 0.717) is 6.04 Å². The standard InChI is InChI=1S/C4H9N.ClH/c1-3-2-4(3)5;/h3-4H,2,5H2,1H3;1H/t3-,4-;/m0./s1. The molecule has 2 heteroatoms. The van der Waals surface area contributed by atoms with Gasteiger partial charge in [-0.25, -0.2) is 0 Å². The molecule has 1 aliphatic carbocycles. The summed E-state index contributed by atoms with van der Waals surface area (Å²) >= 11 is 0. The summed E-state index contributed by atoms with van der Waals surface area (Å²) in [5.41, 5.74) is 5.37. The van der Waals surface area contributed by atoms with Gasteiger partial charge < -0.3 is 5.73 Å². The van der Waals surface area contributed by atoms with Crippen LogP contribution in [0, 0.1) is 5.92 Å². The predicted molar refractivity (Wildman–Crippen MR) is 29.0 cm³/mol. The van der Waals surface area contributed by atoms with E-state index in [1.165, 1.54) is 6.42 Å². The van der Waals surface area contributed by atoms with Crippen LogP contribution in [0.2, 0.25) is 0 Å². The van der Waals surface area contributed by atoms with Crippen molar-refractivity contribution in [1.82, 2.24) is 0 Å². The second kappa shape index (κ2) is 1.80. The minimum atomic E-state index is 0. The first-order valence-electron chi connectivity index (χ1n) is 2.06. The Bertz CT molecular complexity index is 40.8. The van der Waals surface area contributed by atoms with Crippen molar-refractivity contribution in [3.8, 4) is 0 Å². The van der Waals surface area contributed by atoms with E-state index in [1.54, 1.807) is 0 Å². The minimum Gasteiger partial charge on any atom is -0.327 e. The van der Waals surface area contributed by atoms with E-state index in [4.69, 9.17) is 5.73 Å². The molecule has 2 N–H and O–H groups in total. The molecule has 2 atom stereocenters. The van der Waals surface area contributed by atoms with Crippen LogP contribution in [0.25, 0.3) is 0 Å². The predicted octanol–water partition coefficient (Wildman–Crippen LogP) is 0.775. The van der Waals surface area contributed by atoms with Gasteiger partial charge in [0, 0.05) is 6.04 Å². The molecule has 0 unspecified atom stereocenters. The highest BCUT2D eigenvalue weighted by Gasteiger charge is 2.27. The highest BCUT2D eigenvalue weighted by molar-refractivity contribution is 5.85. The van der Waals surface area contributed by atoms with Crippen molar-refractivity contribution < 1.29 is 0 Å². The molecule has 0 spiro atoms. The SMILES string of the molecule is C[C@H]1C[C@@H]1N.Cl. The van der Waals surface area contributed by atoms with E-state index in [1.807, 2.05) is 0 Å². The highest BCUT2D eigenvalue weighted by atomic mass is 35.5. The summed E-state index contributed by atoms with van der Waals surface area (Å²) in [6.07, 6.45) is 1.25. The van der Waals surface area contributed by atoms with E-state index in [0.717, 1.165) is 5.92 Å². The topological polar surface area (TPSA) is 26.0 Å². The van der Waals surface area contributed by atoms with Crippen LogP contribution in [0.1, 0.15) is 13.3 Å². The fourth-order valence-electron chi connectivity index (χ4n) is 0.351. The first kappa shape index (κ1) is 6.25. The van der Waals surface area contributed by atoms with Crippen molar-refractivity contribution in [2.24, 2.45) is 11.7 Å². The van der Waals surface area contributed by atoms with Crippen molar-refractivity contribution in [2.45, 2.75) is 19.4 Å². The minimum absolute atomic E-state index is 0. The largest absolute Gasteiger partial charge is 0.327 e. The van der Waals surface area contributed by atoms with Gasteiger partial charge in [-0.15, -0.1) is 12.4 Å². The lowest BCUT2D eigenvalue weighted by molar-refractivity contribution is 0.895. The Kier molecular flexibility index (Phi) is 1.88. The average Bonchev–Trinajstić information content (AvgIpc) is 1.79. The van der Waals surface area contributed by atoms with Crippen LogP contribution in [-0.2, 0) is 0 Å². The third-order valence-corrected chi connectivity index (χ3v) is 1.17. The van der Waals surface area contributed by atoms with Gasteiger partial charge in [0.15, 0.2) is 0 Å². The summed E-state index contributed by atoms with van der Waals surface area (Å²) in [7, 11) is 0. The molecule has 1 aliphatic rings. The Balaban J connectivity index is 0.000000250. The third-order valence-electron chi connectivity index (χ3n) is 1.17. The zero-order chi connectivity index (χ0) is 3.86. The Hall–Kier alpha value is 0.250. The molecule has 1 saturated carbocycles. The fourth-order valence-corrected chi connectivity index (χ4v) is 0.351. The van der Waals surface area contributed by atoms with Crippen molar-refractivity contribution in [2.75, 3.05) is 0 Å². The zero-order valence-corrected chi connectivity index (χ0v) is 4.66. The van der Waals surface area contributed by atoms with E-state index < -0.39 is 0 Å². The van der Waals surface area contributed by atoms with Crippen LogP contribution in [0.15, 0.2) is 0 Å². The van der Waals surface area contributed by atoms with Crippen LogP contribution in [0.5, 0.6) is 0 Å². The Labute approximate surface area is 44.3 Å². The molecule has 1 fully saturated rings. The van der Waals surface area contributed by atoms with Gasteiger partial charge in [0.2, 0.25) is 0 Å². The van der Waals surface area contributed by atoms with Crippen molar-refractivity contribution in [3.63, 3.8) is 0 Å². The van der Waals surface area contributed by atoms with E-state index in [2.05, 4.69) is 6.92 Å². The lowest BCUT2D eigenvalue weighted by Gasteiger charge is -1.69. The van der Waals surface area contributed by atoms with Gasteiger partial charge in [-0.2, -0.15) is 0 Å². The fraction of sp³-hybridized carbons (Fsp3) is 1.00. The molecule has 0 aromatic rings. The van der Waals surface area contributed by atoms with Crippen molar-refractivity contribution >= 4 is 12.4 Å². The van der Waals surface area contributed by atoms with E-state index in [-0.39, 0.29) is 12.4 Å². The maximum Gasteiger partial charge on any atom is 0.00682 e. The van der Waals surface area contributed by atoms with Crippen LogP contribution in [0.3, 0.4) is 0 Å². The molecule has 0 aliphatic heterocycles. The summed E-state index contributed by atoms with van der Waals surface area (Å²) in [6.45, 7) is 2.17. The van der Waals surface area contributed by atoms with Gasteiger partial charge in [-0.05, 0) is 12.3 Å². The zero-order valence-electron chi connectivity index (χ0n) is 3.85. The first-order valence-corrected chi connectivity index (χ1v) is 2.06. The second-order valence-corrected chi connectivity index (χ2v) is 1.88. The van der Waals surface area contributed by atoms with E-state index >= 15 is 0 Å². The van der Waals surface area contributed by atoms with Gasteiger partial charge in [-0.1, -0.05) is 6.92 Å². The molecule has 0 heterocycles. The molecule has 0 saturated heterocycles. The summed E-state index contributed by atoms with van der Waals surface area (Å²) < 4.78 is 0. The van der Waals surface area contributed by atoms with Crippen LogP contribution in [0.4, 0.5) is 0 Å². The second-order valence-electron chi connectivity index (χ2n) is 1.88. The number of hydrogen-bond acceptors (Lipinski definition) is 1. The summed E-state index contributed by atoms with van der Waals surface area (Å²) in [6, 6.07) is 0.551. The molecule has 6 heavy (non-hydrogen) atoms. The average molecular weight is 108 g/mol. The molecular formula is C4H10ClN. The molecular weight excluding hydrogens is 97.5 g/mol.